The summed E-state index contributed by atoms with van der Waals surface area (Å²) in [5.41, 5.74) is 0.957. The van der Waals surface area contributed by atoms with Gasteiger partial charge >= 0.3 is 0 Å². The number of hydrogen-bond acceptors (Lipinski definition) is 3. The number of pyridine rings is 1. The van der Waals surface area contributed by atoms with Crippen molar-refractivity contribution in [2.75, 3.05) is 6.54 Å². The zero-order valence-electron chi connectivity index (χ0n) is 13.2. The van der Waals surface area contributed by atoms with Crippen LogP contribution in [-0.2, 0) is 13.0 Å². The molecule has 0 aromatic carbocycles. The van der Waals surface area contributed by atoms with Crippen molar-refractivity contribution in [1.82, 2.24) is 15.6 Å². The van der Waals surface area contributed by atoms with E-state index in [1.54, 1.807) is 12.5 Å². The van der Waals surface area contributed by atoms with Crippen molar-refractivity contribution in [2.24, 2.45) is 4.99 Å². The third-order valence-electron chi connectivity index (χ3n) is 3.36. The molecule has 2 aromatic rings. The van der Waals surface area contributed by atoms with Crippen LogP contribution in [0.3, 0.4) is 0 Å². The second-order valence-corrected chi connectivity index (χ2v) is 5.20. The minimum atomic E-state index is 0.374. The maximum absolute atomic E-state index is 5.34. The number of nitrogens with zero attached hydrogens (tertiary/aromatic N) is 2. The number of aliphatic imine (C=N–C) groups is 1. The van der Waals surface area contributed by atoms with Crippen molar-refractivity contribution < 1.29 is 4.42 Å². The summed E-state index contributed by atoms with van der Waals surface area (Å²) in [6.07, 6.45) is 5.36. The molecule has 1 unspecified atom stereocenters. The van der Waals surface area contributed by atoms with Crippen LogP contribution in [0.2, 0.25) is 0 Å². The first kappa shape index (κ1) is 16.1. The summed E-state index contributed by atoms with van der Waals surface area (Å²) in [6, 6.07) is 10.1. The Morgan fingerprint density at radius 3 is 2.91 bits per heavy atom. The molecule has 2 heterocycles. The Bertz CT molecular complexity index is 551. The highest BCUT2D eigenvalue weighted by Crippen LogP contribution is 2.00. The van der Waals surface area contributed by atoms with E-state index in [0.717, 1.165) is 36.8 Å². The Hall–Kier alpha value is -2.30. The van der Waals surface area contributed by atoms with Crippen molar-refractivity contribution in [2.45, 2.75) is 39.3 Å². The van der Waals surface area contributed by atoms with Gasteiger partial charge < -0.3 is 15.1 Å². The van der Waals surface area contributed by atoms with E-state index in [1.165, 1.54) is 0 Å². The lowest BCUT2D eigenvalue weighted by Gasteiger charge is -2.16. The molecule has 0 saturated heterocycles. The van der Waals surface area contributed by atoms with E-state index in [2.05, 4.69) is 34.5 Å². The highest BCUT2D eigenvalue weighted by Gasteiger charge is 2.04. The average molecular weight is 300 g/mol. The minimum Gasteiger partial charge on any atom is -0.469 e. The van der Waals surface area contributed by atoms with Gasteiger partial charge in [-0.05, 0) is 37.6 Å². The summed E-state index contributed by atoms with van der Waals surface area (Å²) in [5, 5.41) is 6.74. The maximum atomic E-state index is 5.34. The third kappa shape index (κ3) is 5.60. The molecule has 0 aliphatic carbocycles. The molecular formula is C17H24N4O. The molecule has 0 aliphatic heterocycles. The van der Waals surface area contributed by atoms with Crippen LogP contribution in [0.15, 0.2) is 52.2 Å². The molecule has 0 fully saturated rings. The van der Waals surface area contributed by atoms with Crippen LogP contribution in [0.4, 0.5) is 0 Å². The van der Waals surface area contributed by atoms with E-state index >= 15 is 0 Å². The van der Waals surface area contributed by atoms with Gasteiger partial charge in [0.2, 0.25) is 0 Å². The van der Waals surface area contributed by atoms with Gasteiger partial charge in [-0.3, -0.25) is 4.98 Å². The van der Waals surface area contributed by atoms with Crippen LogP contribution in [0.5, 0.6) is 0 Å². The van der Waals surface area contributed by atoms with E-state index in [1.807, 2.05) is 30.3 Å². The van der Waals surface area contributed by atoms with Gasteiger partial charge in [0.15, 0.2) is 5.96 Å². The topological polar surface area (TPSA) is 62.5 Å². The predicted molar refractivity (Wildman–Crippen MR) is 88.7 cm³/mol. The summed E-state index contributed by atoms with van der Waals surface area (Å²) in [6.45, 7) is 5.63. The smallest absolute Gasteiger partial charge is 0.191 e. The molecule has 118 valence electrons. The average Bonchev–Trinajstić information content (AvgIpc) is 3.06. The molecule has 5 heteroatoms. The molecule has 2 rings (SSSR count). The van der Waals surface area contributed by atoms with Gasteiger partial charge in [-0.15, -0.1) is 0 Å². The molecule has 0 bridgehead atoms. The van der Waals surface area contributed by atoms with Crippen molar-refractivity contribution in [3.8, 4) is 0 Å². The van der Waals surface area contributed by atoms with Gasteiger partial charge in [-0.2, -0.15) is 0 Å². The van der Waals surface area contributed by atoms with Crippen LogP contribution in [-0.4, -0.2) is 23.5 Å². The van der Waals surface area contributed by atoms with Crippen LogP contribution in [0.1, 0.15) is 31.7 Å². The summed E-state index contributed by atoms with van der Waals surface area (Å²) in [4.78, 5) is 8.90. The quantitative estimate of drug-likeness (QED) is 0.609. The number of hydrogen-bond donors (Lipinski definition) is 2. The first-order valence-corrected chi connectivity index (χ1v) is 7.75. The van der Waals surface area contributed by atoms with E-state index in [9.17, 15) is 0 Å². The Labute approximate surface area is 131 Å². The summed E-state index contributed by atoms with van der Waals surface area (Å²) < 4.78 is 5.34. The lowest BCUT2D eigenvalue weighted by Crippen LogP contribution is -2.42. The third-order valence-corrected chi connectivity index (χ3v) is 3.36. The molecule has 0 saturated carbocycles. The standard InChI is InChI=1S/C17H24N4O/c1-3-14(2)21-17(19-11-9-16-8-6-12-22-16)20-13-15-7-4-5-10-18-15/h4-8,10,12,14H,3,9,11,13H2,1-2H3,(H2,19,20,21). The van der Waals surface area contributed by atoms with Gasteiger partial charge in [0.25, 0.3) is 0 Å². The van der Waals surface area contributed by atoms with Crippen molar-refractivity contribution >= 4 is 5.96 Å². The highest BCUT2D eigenvalue weighted by atomic mass is 16.3. The Morgan fingerprint density at radius 2 is 2.23 bits per heavy atom. The van der Waals surface area contributed by atoms with Crippen LogP contribution < -0.4 is 10.6 Å². The fourth-order valence-corrected chi connectivity index (χ4v) is 1.90. The minimum absolute atomic E-state index is 0.374. The van der Waals surface area contributed by atoms with Gasteiger partial charge in [0.05, 0.1) is 18.5 Å². The normalized spacial score (nSPS) is 12.9. The van der Waals surface area contributed by atoms with Gasteiger partial charge in [0, 0.05) is 25.2 Å². The van der Waals surface area contributed by atoms with Gasteiger partial charge in [0.1, 0.15) is 5.76 Å². The van der Waals surface area contributed by atoms with Crippen molar-refractivity contribution in [3.05, 3.63) is 54.2 Å². The lowest BCUT2D eigenvalue weighted by molar-refractivity contribution is 0.506. The number of nitrogens with one attached hydrogen (secondary N) is 2. The Morgan fingerprint density at radius 1 is 1.32 bits per heavy atom. The predicted octanol–water partition coefficient (Wildman–Crippen LogP) is 2.75. The molecule has 2 aromatic heterocycles. The zero-order chi connectivity index (χ0) is 15.6. The summed E-state index contributed by atoms with van der Waals surface area (Å²) in [5.74, 6) is 1.78. The van der Waals surface area contributed by atoms with Gasteiger partial charge in [-0.1, -0.05) is 13.0 Å². The molecule has 22 heavy (non-hydrogen) atoms. The molecule has 1 atom stereocenters. The van der Waals surface area contributed by atoms with Crippen LogP contribution in [0, 0.1) is 0 Å². The van der Waals surface area contributed by atoms with E-state index in [-0.39, 0.29) is 0 Å². The largest absolute Gasteiger partial charge is 0.469 e. The monoisotopic (exact) mass is 300 g/mol. The number of furan rings is 1. The maximum Gasteiger partial charge on any atom is 0.191 e. The molecule has 0 amide bonds. The van der Waals surface area contributed by atoms with E-state index in [0.29, 0.717) is 12.6 Å². The number of aromatic nitrogens is 1. The molecule has 5 nitrogen and oxygen atoms in total. The fourth-order valence-electron chi connectivity index (χ4n) is 1.90. The van der Waals surface area contributed by atoms with E-state index < -0.39 is 0 Å². The highest BCUT2D eigenvalue weighted by molar-refractivity contribution is 5.80. The van der Waals surface area contributed by atoms with Crippen molar-refractivity contribution in [3.63, 3.8) is 0 Å². The Balaban J connectivity index is 1.89. The zero-order valence-corrected chi connectivity index (χ0v) is 13.2. The molecule has 0 radical (unpaired) electrons. The first-order valence-electron chi connectivity index (χ1n) is 7.75. The Kier molecular flexibility index (Phi) is 6.48. The summed E-state index contributed by atoms with van der Waals surface area (Å²) >= 11 is 0. The molecule has 2 N–H and O–H groups in total. The van der Waals surface area contributed by atoms with Crippen LogP contribution >= 0.6 is 0 Å². The number of guanidine groups is 1. The van der Waals surface area contributed by atoms with Crippen molar-refractivity contribution in [1.29, 1.82) is 0 Å². The second kappa shape index (κ2) is 8.87. The van der Waals surface area contributed by atoms with Crippen LogP contribution in [0.25, 0.3) is 0 Å². The lowest BCUT2D eigenvalue weighted by atomic mass is 10.3. The number of rotatable bonds is 7. The first-order chi connectivity index (χ1) is 10.8. The molecule has 0 aliphatic rings. The molecular weight excluding hydrogens is 276 g/mol. The SMILES string of the molecule is CCC(C)NC(=NCc1ccccn1)NCCc1ccco1. The molecule has 0 spiro atoms. The fraction of sp³-hybridized carbons (Fsp3) is 0.412. The van der Waals surface area contributed by atoms with E-state index in [4.69, 9.17) is 4.42 Å². The van der Waals surface area contributed by atoms with Gasteiger partial charge in [-0.25, -0.2) is 4.99 Å². The second-order valence-electron chi connectivity index (χ2n) is 5.20. The summed E-state index contributed by atoms with van der Waals surface area (Å²) in [7, 11) is 0.